The van der Waals surface area contributed by atoms with Gasteiger partial charge in [-0.3, -0.25) is 24.1 Å². The Morgan fingerprint density at radius 2 is 1.62 bits per heavy atom. The fraction of sp³-hybridized carbons (Fsp3) is 0.478. The third kappa shape index (κ3) is 5.46. The predicted molar refractivity (Wildman–Crippen MR) is 115 cm³/mol. The highest BCUT2D eigenvalue weighted by molar-refractivity contribution is 6.05. The Balaban J connectivity index is 1.45. The largest absolute Gasteiger partial charge is 0.490 e. The van der Waals surface area contributed by atoms with Crippen molar-refractivity contribution in [1.82, 2.24) is 4.90 Å². The number of rotatable bonds is 10. The van der Waals surface area contributed by atoms with Crippen molar-refractivity contribution in [1.29, 1.82) is 0 Å². The van der Waals surface area contributed by atoms with Crippen molar-refractivity contribution in [3.8, 4) is 11.5 Å². The molecule has 0 unspecified atom stereocenters. The van der Waals surface area contributed by atoms with Crippen molar-refractivity contribution in [3.63, 3.8) is 0 Å². The van der Waals surface area contributed by atoms with Crippen LogP contribution in [0.5, 0.6) is 11.5 Å². The molecule has 1 aromatic carbocycles. The van der Waals surface area contributed by atoms with E-state index in [1.54, 1.807) is 18.2 Å². The lowest BCUT2D eigenvalue weighted by Gasteiger charge is -2.14. The molecule has 2 atom stereocenters. The van der Waals surface area contributed by atoms with E-state index in [1.165, 1.54) is 0 Å². The molecule has 0 bridgehead atoms. The predicted octanol–water partition coefficient (Wildman–Crippen LogP) is 2.31. The molecule has 9 nitrogen and oxygen atoms in total. The Morgan fingerprint density at radius 1 is 1.00 bits per heavy atom. The van der Waals surface area contributed by atoms with E-state index in [2.05, 4.69) is 5.32 Å². The molecule has 0 saturated carbocycles. The van der Waals surface area contributed by atoms with Gasteiger partial charge in [-0.15, -0.1) is 0 Å². The zero-order valence-electron chi connectivity index (χ0n) is 18.3. The minimum atomic E-state index is -0.657. The van der Waals surface area contributed by atoms with Crippen LogP contribution in [0.4, 0.5) is 5.69 Å². The van der Waals surface area contributed by atoms with Gasteiger partial charge in [-0.1, -0.05) is 12.2 Å². The number of imide groups is 1. The molecule has 9 heteroatoms. The van der Waals surface area contributed by atoms with Gasteiger partial charge in [0, 0.05) is 18.3 Å². The summed E-state index contributed by atoms with van der Waals surface area (Å²) in [4.78, 5) is 50.1. The second-order valence-electron chi connectivity index (χ2n) is 7.47. The van der Waals surface area contributed by atoms with Gasteiger partial charge >= 0.3 is 5.97 Å². The van der Waals surface area contributed by atoms with Gasteiger partial charge in [0.15, 0.2) is 18.1 Å². The van der Waals surface area contributed by atoms with Crippen LogP contribution in [-0.4, -0.2) is 55.0 Å². The number of anilines is 1. The first kappa shape index (κ1) is 23.3. The molecular weight excluding hydrogens is 416 g/mol. The first-order chi connectivity index (χ1) is 15.4. The monoisotopic (exact) mass is 444 g/mol. The number of hydrogen-bond acceptors (Lipinski definition) is 7. The van der Waals surface area contributed by atoms with Gasteiger partial charge in [-0.2, -0.15) is 0 Å². The van der Waals surface area contributed by atoms with Crippen LogP contribution in [0, 0.1) is 11.8 Å². The first-order valence-electron chi connectivity index (χ1n) is 10.8. The van der Waals surface area contributed by atoms with Crippen LogP contribution in [0.1, 0.15) is 33.1 Å². The molecule has 3 amide bonds. The normalized spacial score (nSPS) is 19.5. The van der Waals surface area contributed by atoms with E-state index in [0.29, 0.717) is 43.2 Å². The summed E-state index contributed by atoms with van der Waals surface area (Å²) in [5, 5.41) is 2.63. The molecule has 1 heterocycles. The Hall–Kier alpha value is -3.36. The van der Waals surface area contributed by atoms with Gasteiger partial charge in [-0.05, 0) is 38.8 Å². The molecular formula is C23H28N2O7. The Bertz CT molecular complexity index is 886. The van der Waals surface area contributed by atoms with Crippen molar-refractivity contribution in [2.75, 3.05) is 31.7 Å². The molecule has 1 aromatic rings. The number of nitrogens with zero attached hydrogens (tertiary/aromatic N) is 1. The highest BCUT2D eigenvalue weighted by Gasteiger charge is 2.46. The lowest BCUT2D eigenvalue weighted by molar-refractivity contribution is -0.148. The molecule has 1 fully saturated rings. The average Bonchev–Trinajstić information content (AvgIpc) is 3.03. The van der Waals surface area contributed by atoms with Gasteiger partial charge in [0.05, 0.1) is 31.5 Å². The lowest BCUT2D eigenvalue weighted by Crippen LogP contribution is -2.33. The van der Waals surface area contributed by atoms with E-state index in [4.69, 9.17) is 14.2 Å². The molecule has 0 aromatic heterocycles. The summed E-state index contributed by atoms with van der Waals surface area (Å²) in [5.41, 5.74) is 0.474. The summed E-state index contributed by atoms with van der Waals surface area (Å²) in [7, 11) is 0. The molecule has 0 radical (unpaired) electrons. The highest BCUT2D eigenvalue weighted by Crippen LogP contribution is 2.35. The minimum absolute atomic E-state index is 0.0400. The number of ether oxygens (including phenoxy) is 3. The molecule has 172 valence electrons. The van der Waals surface area contributed by atoms with Crippen molar-refractivity contribution in [2.45, 2.75) is 33.1 Å². The summed E-state index contributed by atoms with van der Waals surface area (Å²) in [5.74, 6) is -1.24. The minimum Gasteiger partial charge on any atom is -0.490 e. The summed E-state index contributed by atoms with van der Waals surface area (Å²) in [6, 6.07) is 4.98. The number of esters is 1. The van der Waals surface area contributed by atoms with Crippen LogP contribution in [0.3, 0.4) is 0 Å². The third-order valence-electron chi connectivity index (χ3n) is 5.33. The second-order valence-corrected chi connectivity index (χ2v) is 7.47. The fourth-order valence-electron chi connectivity index (χ4n) is 3.84. The number of fused-ring (bicyclic) bond motifs is 1. The van der Waals surface area contributed by atoms with E-state index < -0.39 is 18.5 Å². The van der Waals surface area contributed by atoms with Crippen LogP contribution in [0.2, 0.25) is 0 Å². The fourth-order valence-corrected chi connectivity index (χ4v) is 3.84. The van der Waals surface area contributed by atoms with Crippen LogP contribution in [0.25, 0.3) is 0 Å². The maximum atomic E-state index is 12.4. The maximum absolute atomic E-state index is 12.4. The summed E-state index contributed by atoms with van der Waals surface area (Å²) in [6.07, 6.45) is 4.75. The topological polar surface area (TPSA) is 111 Å². The van der Waals surface area contributed by atoms with E-state index in [-0.39, 0.29) is 36.6 Å². The molecule has 1 aliphatic carbocycles. The van der Waals surface area contributed by atoms with Gasteiger partial charge in [0.2, 0.25) is 11.8 Å². The zero-order chi connectivity index (χ0) is 23.1. The Labute approximate surface area is 186 Å². The van der Waals surface area contributed by atoms with Crippen molar-refractivity contribution < 1.29 is 33.4 Å². The van der Waals surface area contributed by atoms with Crippen molar-refractivity contribution in [3.05, 3.63) is 30.4 Å². The van der Waals surface area contributed by atoms with Crippen LogP contribution in [-0.2, 0) is 23.9 Å². The number of hydrogen-bond donors (Lipinski definition) is 1. The van der Waals surface area contributed by atoms with Crippen molar-refractivity contribution in [2.24, 2.45) is 11.8 Å². The molecule has 2 aliphatic rings. The molecule has 1 saturated heterocycles. The smallest absolute Gasteiger partial charge is 0.308 e. The van der Waals surface area contributed by atoms with E-state index in [0.717, 1.165) is 4.90 Å². The zero-order valence-corrected chi connectivity index (χ0v) is 18.3. The van der Waals surface area contributed by atoms with Crippen LogP contribution < -0.4 is 14.8 Å². The molecule has 1 aliphatic heterocycles. The maximum Gasteiger partial charge on any atom is 0.308 e. The average molecular weight is 444 g/mol. The second kappa shape index (κ2) is 10.8. The van der Waals surface area contributed by atoms with Crippen LogP contribution >= 0.6 is 0 Å². The van der Waals surface area contributed by atoms with Gasteiger partial charge in [0.25, 0.3) is 5.91 Å². The Kier molecular flexibility index (Phi) is 7.86. The number of amides is 3. The van der Waals surface area contributed by atoms with Crippen LogP contribution in [0.15, 0.2) is 30.4 Å². The molecule has 1 N–H and O–H groups in total. The van der Waals surface area contributed by atoms with Gasteiger partial charge in [0.1, 0.15) is 0 Å². The van der Waals surface area contributed by atoms with E-state index >= 15 is 0 Å². The van der Waals surface area contributed by atoms with E-state index in [1.807, 2.05) is 26.0 Å². The number of allylic oxidation sites excluding steroid dienone is 2. The first-order valence-corrected chi connectivity index (χ1v) is 10.8. The lowest BCUT2D eigenvalue weighted by atomic mass is 9.85. The summed E-state index contributed by atoms with van der Waals surface area (Å²) >= 11 is 0. The SMILES string of the molecule is CCOc1ccc(NC(=O)COC(=O)CCN2C(=O)[C@H]3CC=CC[C@@H]3C2=O)cc1OCC. The molecule has 0 spiro atoms. The Morgan fingerprint density at radius 3 is 2.25 bits per heavy atom. The number of carbonyl (C=O) groups is 4. The van der Waals surface area contributed by atoms with E-state index in [9.17, 15) is 19.2 Å². The van der Waals surface area contributed by atoms with Crippen molar-refractivity contribution >= 4 is 29.4 Å². The molecule has 3 rings (SSSR count). The number of carbonyl (C=O) groups excluding carboxylic acids is 4. The number of nitrogens with one attached hydrogen (secondary N) is 1. The highest BCUT2D eigenvalue weighted by atomic mass is 16.5. The quantitative estimate of drug-likeness (QED) is 0.335. The number of benzene rings is 1. The third-order valence-corrected chi connectivity index (χ3v) is 5.33. The van der Waals surface area contributed by atoms with Gasteiger partial charge < -0.3 is 19.5 Å². The van der Waals surface area contributed by atoms with Gasteiger partial charge in [-0.25, -0.2) is 0 Å². The standard InChI is InChI=1S/C23H28N2O7/c1-3-30-18-10-9-15(13-19(18)31-4-2)24-20(26)14-32-21(27)11-12-25-22(28)16-7-5-6-8-17(16)23(25)29/h5-6,9-10,13,16-17H,3-4,7-8,11-12,14H2,1-2H3,(H,24,26)/t16-,17-/m0/s1. The molecule has 32 heavy (non-hydrogen) atoms. The number of likely N-dealkylation sites (tertiary alicyclic amines) is 1. The summed E-state index contributed by atoms with van der Waals surface area (Å²) < 4.78 is 16.0. The summed E-state index contributed by atoms with van der Waals surface area (Å²) in [6.45, 7) is 4.10.